The zero-order chi connectivity index (χ0) is 15.1. The fourth-order valence-electron chi connectivity index (χ4n) is 2.47. The number of rotatable bonds is 15. The first-order valence-corrected chi connectivity index (χ1v) is 10.1. The maximum absolute atomic E-state index is 10.4. The van der Waals surface area contributed by atoms with E-state index in [9.17, 15) is 13.0 Å². The topological polar surface area (TPSA) is 57.2 Å². The van der Waals surface area contributed by atoms with E-state index in [1.807, 2.05) is 0 Å². The van der Waals surface area contributed by atoms with Gasteiger partial charge in [-0.2, -0.15) is 0 Å². The average molecular weight is 328 g/mol. The van der Waals surface area contributed by atoms with Crippen molar-refractivity contribution in [2.24, 2.45) is 0 Å². The van der Waals surface area contributed by atoms with E-state index in [4.69, 9.17) is 0 Å². The molecule has 0 aliphatic carbocycles. The predicted molar refractivity (Wildman–Crippen MR) is 84.9 cm³/mol. The minimum atomic E-state index is -3.99. The van der Waals surface area contributed by atoms with Gasteiger partial charge in [0.15, 0.2) is 0 Å². The molecule has 0 N–H and O–H groups in total. The molecule has 0 saturated carbocycles. The van der Waals surface area contributed by atoms with Crippen molar-refractivity contribution in [2.45, 2.75) is 96.8 Å². The van der Waals surface area contributed by atoms with Gasteiger partial charge in [0.2, 0.25) is 0 Å². The molecular formula is C16H33NaO3S. The second-order valence-corrected chi connectivity index (χ2v) is 7.38. The summed E-state index contributed by atoms with van der Waals surface area (Å²) in [5.41, 5.74) is 0. The molecule has 0 heterocycles. The van der Waals surface area contributed by atoms with E-state index in [0.717, 1.165) is 12.8 Å². The summed E-state index contributed by atoms with van der Waals surface area (Å²) in [7, 11) is -3.99. The minimum absolute atomic E-state index is 0. The summed E-state index contributed by atoms with van der Waals surface area (Å²) in [4.78, 5) is 0. The fraction of sp³-hybridized carbons (Fsp3) is 1.00. The number of unbranched alkanes of at least 4 members (excludes halogenated alkanes) is 13. The molecule has 122 valence electrons. The van der Waals surface area contributed by atoms with Gasteiger partial charge in [-0.3, -0.25) is 0 Å². The van der Waals surface area contributed by atoms with E-state index < -0.39 is 10.1 Å². The largest absolute Gasteiger partial charge is 1.00 e. The first-order chi connectivity index (χ1) is 9.56. The third-order valence-electron chi connectivity index (χ3n) is 3.75. The molecule has 0 radical (unpaired) electrons. The smallest absolute Gasteiger partial charge is 0.748 e. The third-order valence-corrected chi connectivity index (χ3v) is 4.54. The molecule has 0 fully saturated rings. The van der Waals surface area contributed by atoms with Crippen molar-refractivity contribution >= 4 is 10.1 Å². The quantitative estimate of drug-likeness (QED) is 0.262. The van der Waals surface area contributed by atoms with Crippen molar-refractivity contribution in [1.82, 2.24) is 0 Å². The zero-order valence-corrected chi connectivity index (χ0v) is 17.1. The van der Waals surface area contributed by atoms with Crippen LogP contribution in [-0.4, -0.2) is 18.7 Å². The maximum Gasteiger partial charge on any atom is 1.00 e. The second kappa shape index (κ2) is 17.3. The Morgan fingerprint density at radius 2 is 0.905 bits per heavy atom. The Labute approximate surface area is 154 Å². The maximum atomic E-state index is 10.4. The van der Waals surface area contributed by atoms with E-state index in [1.54, 1.807) is 0 Å². The van der Waals surface area contributed by atoms with Crippen molar-refractivity contribution in [1.29, 1.82) is 0 Å². The predicted octanol–water partition coefficient (Wildman–Crippen LogP) is 2.02. The summed E-state index contributed by atoms with van der Waals surface area (Å²) < 4.78 is 31.2. The summed E-state index contributed by atoms with van der Waals surface area (Å²) in [6.45, 7) is 2.25. The minimum Gasteiger partial charge on any atom is -0.748 e. The Bertz CT molecular complexity index is 292. The standard InChI is InChI=1S/C16H34O3S.Na/c1-2-3-4-5-6-7-8-9-10-11-12-13-14-15-16-20(17,18)19;/h2-16H2,1H3,(H,17,18,19);/q;+1/p-1. The monoisotopic (exact) mass is 328 g/mol. The molecule has 21 heavy (non-hydrogen) atoms. The van der Waals surface area contributed by atoms with Gasteiger partial charge in [-0.15, -0.1) is 0 Å². The molecule has 0 atom stereocenters. The van der Waals surface area contributed by atoms with Crippen LogP contribution in [0.1, 0.15) is 96.8 Å². The van der Waals surface area contributed by atoms with Crippen LogP contribution in [0.25, 0.3) is 0 Å². The molecule has 0 saturated heterocycles. The fourth-order valence-corrected chi connectivity index (χ4v) is 3.03. The van der Waals surface area contributed by atoms with Crippen LogP contribution < -0.4 is 29.6 Å². The van der Waals surface area contributed by atoms with Crippen LogP contribution in [0.5, 0.6) is 0 Å². The van der Waals surface area contributed by atoms with Crippen molar-refractivity contribution in [3.05, 3.63) is 0 Å². The van der Waals surface area contributed by atoms with Gasteiger partial charge in [-0.1, -0.05) is 90.4 Å². The molecule has 0 rings (SSSR count). The molecule has 0 amide bonds. The zero-order valence-electron chi connectivity index (χ0n) is 14.2. The van der Waals surface area contributed by atoms with Crippen LogP contribution in [0.4, 0.5) is 0 Å². The summed E-state index contributed by atoms with van der Waals surface area (Å²) in [6, 6.07) is 0. The van der Waals surface area contributed by atoms with Crippen LogP contribution in [-0.2, 0) is 10.1 Å². The molecule has 0 bridgehead atoms. The third kappa shape index (κ3) is 23.3. The van der Waals surface area contributed by atoms with Gasteiger partial charge >= 0.3 is 29.6 Å². The molecular weight excluding hydrogens is 295 g/mol. The van der Waals surface area contributed by atoms with Gasteiger partial charge in [0.25, 0.3) is 0 Å². The second-order valence-electron chi connectivity index (χ2n) is 5.86. The van der Waals surface area contributed by atoms with Crippen molar-refractivity contribution in [3.8, 4) is 0 Å². The van der Waals surface area contributed by atoms with Gasteiger partial charge < -0.3 is 4.55 Å². The molecule has 3 nitrogen and oxygen atoms in total. The molecule has 0 unspecified atom stereocenters. The summed E-state index contributed by atoms with van der Waals surface area (Å²) >= 11 is 0. The summed E-state index contributed by atoms with van der Waals surface area (Å²) in [5.74, 6) is -0.189. The Morgan fingerprint density at radius 1 is 0.619 bits per heavy atom. The molecule has 0 aromatic heterocycles. The van der Waals surface area contributed by atoms with Gasteiger partial charge in [0.05, 0.1) is 10.1 Å². The van der Waals surface area contributed by atoms with E-state index in [1.165, 1.54) is 70.6 Å². The van der Waals surface area contributed by atoms with Crippen molar-refractivity contribution in [2.75, 3.05) is 5.75 Å². The molecule has 0 spiro atoms. The van der Waals surface area contributed by atoms with Crippen molar-refractivity contribution < 1.29 is 42.5 Å². The van der Waals surface area contributed by atoms with E-state index in [2.05, 4.69) is 6.92 Å². The SMILES string of the molecule is CCCCCCCCCCCCCCCCS(=O)(=O)[O-].[Na+]. The average Bonchev–Trinajstić information content (AvgIpc) is 2.38. The Balaban J connectivity index is 0. The van der Waals surface area contributed by atoms with Gasteiger partial charge in [-0.25, -0.2) is 8.42 Å². The van der Waals surface area contributed by atoms with E-state index in [0.29, 0.717) is 6.42 Å². The first-order valence-electron chi connectivity index (χ1n) is 8.50. The Kier molecular flexibility index (Phi) is 19.9. The van der Waals surface area contributed by atoms with Crippen molar-refractivity contribution in [3.63, 3.8) is 0 Å². The Morgan fingerprint density at radius 3 is 1.19 bits per heavy atom. The van der Waals surface area contributed by atoms with Crippen LogP contribution in [0.15, 0.2) is 0 Å². The number of hydrogen-bond acceptors (Lipinski definition) is 3. The molecule has 0 aromatic carbocycles. The van der Waals surface area contributed by atoms with Crippen LogP contribution in [0, 0.1) is 0 Å². The van der Waals surface area contributed by atoms with Gasteiger partial charge in [0.1, 0.15) is 0 Å². The normalized spacial score (nSPS) is 11.3. The van der Waals surface area contributed by atoms with Crippen LogP contribution in [0.2, 0.25) is 0 Å². The molecule has 0 aliphatic rings. The van der Waals surface area contributed by atoms with Crippen LogP contribution >= 0.6 is 0 Å². The molecule has 0 aliphatic heterocycles. The van der Waals surface area contributed by atoms with Gasteiger partial charge in [-0.05, 0) is 6.42 Å². The molecule has 5 heteroatoms. The first kappa shape index (κ1) is 24.2. The summed E-state index contributed by atoms with van der Waals surface area (Å²) in [5, 5.41) is 0. The number of hydrogen-bond donors (Lipinski definition) is 0. The van der Waals surface area contributed by atoms with E-state index >= 15 is 0 Å². The summed E-state index contributed by atoms with van der Waals surface area (Å²) in [6.07, 6.45) is 17.2. The Hall–Kier alpha value is 0.910. The van der Waals surface area contributed by atoms with Crippen LogP contribution in [0.3, 0.4) is 0 Å². The van der Waals surface area contributed by atoms with Gasteiger partial charge in [0, 0.05) is 5.75 Å². The molecule has 0 aromatic rings. The van der Waals surface area contributed by atoms with E-state index in [-0.39, 0.29) is 35.3 Å².